The van der Waals surface area contributed by atoms with Crippen LogP contribution in [0.1, 0.15) is 35.7 Å². The monoisotopic (exact) mass is 505 g/mol. The van der Waals surface area contributed by atoms with Crippen LogP contribution in [-0.2, 0) is 5.41 Å². The predicted molar refractivity (Wildman–Crippen MR) is 119 cm³/mol. The number of nitrogens with one attached hydrogen (secondary N) is 1. The molecule has 2 heterocycles. The van der Waals surface area contributed by atoms with Crippen LogP contribution in [0.25, 0.3) is 17.1 Å². The Morgan fingerprint density at radius 1 is 1.18 bits per heavy atom. The molecule has 34 heavy (non-hydrogen) atoms. The van der Waals surface area contributed by atoms with E-state index in [9.17, 15) is 18.8 Å². The molecular formula is C21H14Cl2FN5O5. The lowest BCUT2D eigenvalue weighted by Crippen LogP contribution is -2.35. The number of aromatic nitrogens is 5. The smallest absolute Gasteiger partial charge is 0.362 e. The number of hydrogen-bond donors (Lipinski definition) is 2. The van der Waals surface area contributed by atoms with Crippen LogP contribution in [0.3, 0.4) is 0 Å². The fraction of sp³-hybridized carbons (Fsp3) is 0.143. The van der Waals surface area contributed by atoms with Gasteiger partial charge >= 0.3 is 11.7 Å². The van der Waals surface area contributed by atoms with E-state index in [2.05, 4.69) is 15.2 Å². The van der Waals surface area contributed by atoms with Crippen molar-refractivity contribution < 1.29 is 18.8 Å². The summed E-state index contributed by atoms with van der Waals surface area (Å²) in [7, 11) is 0. The van der Waals surface area contributed by atoms with Gasteiger partial charge in [0.15, 0.2) is 5.82 Å². The normalized spacial score (nSPS) is 11.6. The Morgan fingerprint density at radius 2 is 1.85 bits per heavy atom. The van der Waals surface area contributed by atoms with E-state index < -0.39 is 34.1 Å². The molecule has 4 aromatic rings. The van der Waals surface area contributed by atoms with Gasteiger partial charge in [0.2, 0.25) is 5.69 Å². The molecule has 0 bridgehead atoms. The molecule has 0 radical (unpaired) electrons. The molecule has 0 atom stereocenters. The van der Waals surface area contributed by atoms with Crippen molar-refractivity contribution >= 4 is 29.2 Å². The van der Waals surface area contributed by atoms with Gasteiger partial charge in [-0.05, 0) is 44.2 Å². The van der Waals surface area contributed by atoms with Crippen LogP contribution < -0.4 is 11.2 Å². The first-order valence-corrected chi connectivity index (χ1v) is 10.3. The van der Waals surface area contributed by atoms with E-state index in [1.54, 1.807) is 19.9 Å². The van der Waals surface area contributed by atoms with E-state index in [-0.39, 0.29) is 27.4 Å². The lowest BCUT2D eigenvalue weighted by molar-refractivity contribution is 0.0685. The van der Waals surface area contributed by atoms with Gasteiger partial charge in [-0.2, -0.15) is 14.8 Å². The molecule has 0 aliphatic rings. The third-order valence-electron chi connectivity index (χ3n) is 4.98. The average molecular weight is 506 g/mol. The van der Waals surface area contributed by atoms with Crippen LogP contribution in [-0.4, -0.2) is 36.0 Å². The highest BCUT2D eigenvalue weighted by Gasteiger charge is 2.34. The zero-order chi connectivity index (χ0) is 24.8. The van der Waals surface area contributed by atoms with Crippen molar-refractivity contribution in [2.45, 2.75) is 19.3 Å². The fourth-order valence-corrected chi connectivity index (χ4v) is 4.27. The van der Waals surface area contributed by atoms with Gasteiger partial charge in [-0.1, -0.05) is 34.4 Å². The minimum absolute atomic E-state index is 0.0202. The van der Waals surface area contributed by atoms with E-state index >= 15 is 0 Å². The van der Waals surface area contributed by atoms with E-state index in [1.807, 2.05) is 4.98 Å². The van der Waals surface area contributed by atoms with Crippen LogP contribution in [0.5, 0.6) is 0 Å². The third kappa shape index (κ3) is 4.11. The number of carboxylic acid groups (broad SMARTS) is 1. The van der Waals surface area contributed by atoms with Crippen LogP contribution in [0.15, 0.2) is 50.5 Å². The zero-order valence-electron chi connectivity index (χ0n) is 17.5. The molecule has 0 saturated heterocycles. The molecule has 13 heteroatoms. The highest BCUT2D eigenvalue weighted by Crippen LogP contribution is 2.40. The van der Waals surface area contributed by atoms with Gasteiger partial charge in [0, 0.05) is 21.2 Å². The molecule has 10 nitrogen and oxygen atoms in total. The van der Waals surface area contributed by atoms with Gasteiger partial charge in [0.1, 0.15) is 5.82 Å². The highest BCUT2D eigenvalue weighted by atomic mass is 35.5. The first-order chi connectivity index (χ1) is 16.0. The quantitative estimate of drug-likeness (QED) is 0.419. The number of benzene rings is 2. The number of rotatable bonds is 5. The molecule has 2 aromatic heterocycles. The van der Waals surface area contributed by atoms with Gasteiger partial charge in [0.25, 0.3) is 11.4 Å². The van der Waals surface area contributed by atoms with Crippen molar-refractivity contribution in [2.24, 2.45) is 0 Å². The van der Waals surface area contributed by atoms with Gasteiger partial charge in [-0.25, -0.2) is 14.0 Å². The summed E-state index contributed by atoms with van der Waals surface area (Å²) in [5.41, 5.74) is -3.22. The van der Waals surface area contributed by atoms with Crippen molar-refractivity contribution in [1.29, 1.82) is 0 Å². The minimum Gasteiger partial charge on any atom is -0.476 e. The maximum Gasteiger partial charge on any atom is 0.362 e. The summed E-state index contributed by atoms with van der Waals surface area (Å²) in [6.07, 6.45) is 0. The van der Waals surface area contributed by atoms with Crippen LogP contribution >= 0.6 is 23.2 Å². The SMILES string of the molecule is CC(C)(c1noc(-c2cccc(F)c2)n1)c1c(Cl)cc(-n2nc(C(=O)O)c(=O)[nH]c2=O)cc1Cl. The summed E-state index contributed by atoms with van der Waals surface area (Å²) in [6.45, 7) is 3.46. The van der Waals surface area contributed by atoms with E-state index in [4.69, 9.17) is 32.8 Å². The van der Waals surface area contributed by atoms with Crippen molar-refractivity contribution in [1.82, 2.24) is 24.9 Å². The molecule has 0 aliphatic carbocycles. The number of aromatic amines is 1. The average Bonchev–Trinajstić information content (AvgIpc) is 3.24. The second kappa shape index (κ2) is 8.50. The second-order valence-corrected chi connectivity index (χ2v) is 8.48. The molecule has 174 valence electrons. The minimum atomic E-state index is -1.61. The summed E-state index contributed by atoms with van der Waals surface area (Å²) in [5, 5.41) is 16.9. The van der Waals surface area contributed by atoms with Crippen LogP contribution in [0.4, 0.5) is 4.39 Å². The molecule has 0 unspecified atom stereocenters. The molecule has 4 rings (SSSR count). The number of aromatic carboxylic acids is 1. The number of halogens is 3. The summed E-state index contributed by atoms with van der Waals surface area (Å²) in [6, 6.07) is 8.32. The molecule has 0 spiro atoms. The topological polar surface area (TPSA) is 144 Å². The third-order valence-corrected chi connectivity index (χ3v) is 5.58. The van der Waals surface area contributed by atoms with E-state index in [0.29, 0.717) is 15.8 Å². The molecule has 0 aliphatic heterocycles. The van der Waals surface area contributed by atoms with Crippen molar-refractivity contribution in [3.63, 3.8) is 0 Å². The molecular weight excluding hydrogens is 492 g/mol. The Hall–Kier alpha value is -3.83. The number of carbonyl (C=O) groups is 1. The largest absolute Gasteiger partial charge is 0.476 e. The highest BCUT2D eigenvalue weighted by molar-refractivity contribution is 6.36. The maximum atomic E-state index is 13.6. The Bertz CT molecular complexity index is 1540. The standard InChI is InChI=1S/C21H14Cl2FN5O5/c1-21(2,19-26-17(34-28-19)9-4-3-5-10(24)6-9)14-12(22)7-11(8-13(14)23)29-20(33)25-16(30)15(27-29)18(31)32/h3-8H,1-2H3,(H,31,32)(H,25,30,33). The van der Waals surface area contributed by atoms with Gasteiger partial charge in [-0.15, -0.1) is 0 Å². The molecule has 2 N–H and O–H groups in total. The Balaban J connectivity index is 1.79. The summed E-state index contributed by atoms with van der Waals surface area (Å²) >= 11 is 13.0. The maximum absolute atomic E-state index is 13.6. The lowest BCUT2D eigenvalue weighted by atomic mass is 9.83. The lowest BCUT2D eigenvalue weighted by Gasteiger charge is -2.24. The van der Waals surface area contributed by atoms with E-state index in [0.717, 1.165) is 0 Å². The first-order valence-electron chi connectivity index (χ1n) is 9.56. The van der Waals surface area contributed by atoms with Gasteiger partial charge in [0.05, 0.1) is 11.1 Å². The summed E-state index contributed by atoms with van der Waals surface area (Å²) < 4.78 is 19.5. The predicted octanol–water partition coefficient (Wildman–Crippen LogP) is 3.44. The summed E-state index contributed by atoms with van der Waals surface area (Å²) in [4.78, 5) is 41.3. The number of hydrogen-bond acceptors (Lipinski definition) is 7. The molecule has 0 saturated carbocycles. The molecule has 0 fully saturated rings. The Morgan fingerprint density at radius 3 is 2.47 bits per heavy atom. The van der Waals surface area contributed by atoms with Crippen molar-refractivity contribution in [3.05, 3.63) is 90.2 Å². The number of H-pyrrole nitrogens is 1. The van der Waals surface area contributed by atoms with Gasteiger partial charge < -0.3 is 9.63 Å². The number of nitrogens with zero attached hydrogens (tertiary/aromatic N) is 4. The molecule has 2 aromatic carbocycles. The van der Waals surface area contributed by atoms with E-state index in [1.165, 1.54) is 30.3 Å². The Kier molecular flexibility index (Phi) is 5.84. The van der Waals surface area contributed by atoms with Crippen molar-refractivity contribution in [3.8, 4) is 17.1 Å². The first kappa shape index (κ1) is 23.3. The van der Waals surface area contributed by atoms with Gasteiger partial charge in [-0.3, -0.25) is 9.78 Å². The number of carboxylic acids is 1. The Labute approximate surface area is 199 Å². The molecule has 0 amide bonds. The second-order valence-electron chi connectivity index (χ2n) is 7.67. The van der Waals surface area contributed by atoms with Crippen LogP contribution in [0.2, 0.25) is 10.0 Å². The van der Waals surface area contributed by atoms with Crippen LogP contribution in [0, 0.1) is 5.82 Å². The zero-order valence-corrected chi connectivity index (χ0v) is 19.0. The summed E-state index contributed by atoms with van der Waals surface area (Å²) in [5.74, 6) is -1.78. The van der Waals surface area contributed by atoms with Crippen molar-refractivity contribution in [2.75, 3.05) is 0 Å². The fourth-order valence-electron chi connectivity index (χ4n) is 3.32.